The minimum Gasteiger partial charge on any atom is -0.325 e. The largest absolute Gasteiger partial charge is 0.325 e. The molecule has 0 radical (unpaired) electrons. The molecule has 1 atom stereocenters. The molecule has 2 N–H and O–H groups in total. The van der Waals surface area contributed by atoms with Crippen molar-refractivity contribution in [1.29, 1.82) is 0 Å². The molecule has 0 fully saturated rings. The van der Waals surface area contributed by atoms with Crippen LogP contribution in [0, 0.1) is 5.41 Å². The van der Waals surface area contributed by atoms with E-state index >= 15 is 0 Å². The quantitative estimate of drug-likeness (QED) is 0.658. The van der Waals surface area contributed by atoms with Gasteiger partial charge in [0.05, 0.1) is 0 Å². The summed E-state index contributed by atoms with van der Waals surface area (Å²) in [5, 5.41) is 0. The van der Waals surface area contributed by atoms with E-state index in [0.717, 1.165) is 0 Å². The Morgan fingerprint density at radius 3 is 1.85 bits per heavy atom. The highest BCUT2D eigenvalue weighted by Gasteiger charge is 2.41. The molecule has 74 valence electrons. The first kappa shape index (κ1) is 10.5. The molecule has 0 aliphatic heterocycles. The second-order valence-corrected chi connectivity index (χ2v) is 5.00. The standard InChI is InChI=1S/C12H21N/c1-8-7-12(6,11(4,5)13)10(3)9(8)2/h7H,13H2,1-6H3. The van der Waals surface area contributed by atoms with Crippen molar-refractivity contribution in [2.24, 2.45) is 11.1 Å². The molecule has 0 aromatic heterocycles. The summed E-state index contributed by atoms with van der Waals surface area (Å²) in [7, 11) is 0. The topological polar surface area (TPSA) is 26.0 Å². The van der Waals surface area contributed by atoms with E-state index in [1.54, 1.807) is 0 Å². The van der Waals surface area contributed by atoms with Gasteiger partial charge in [-0.15, -0.1) is 0 Å². The van der Waals surface area contributed by atoms with Gasteiger partial charge in [0.2, 0.25) is 0 Å². The Morgan fingerprint density at radius 2 is 1.69 bits per heavy atom. The lowest BCUT2D eigenvalue weighted by molar-refractivity contribution is 0.297. The molecule has 1 heteroatoms. The average Bonchev–Trinajstić information content (AvgIpc) is 2.15. The molecule has 1 aliphatic carbocycles. The summed E-state index contributed by atoms with van der Waals surface area (Å²) in [5.41, 5.74) is 10.2. The Morgan fingerprint density at radius 1 is 1.23 bits per heavy atom. The molecular formula is C12H21N. The highest BCUT2D eigenvalue weighted by Crippen LogP contribution is 2.46. The van der Waals surface area contributed by atoms with Crippen molar-refractivity contribution in [3.05, 3.63) is 22.8 Å². The maximum Gasteiger partial charge on any atom is 0.0246 e. The van der Waals surface area contributed by atoms with Crippen LogP contribution in [-0.4, -0.2) is 5.54 Å². The first-order valence-corrected chi connectivity index (χ1v) is 4.87. The molecule has 1 unspecified atom stereocenters. The Kier molecular flexibility index (Phi) is 2.20. The van der Waals surface area contributed by atoms with Gasteiger partial charge in [-0.05, 0) is 40.2 Å². The van der Waals surface area contributed by atoms with Crippen molar-refractivity contribution in [3.63, 3.8) is 0 Å². The molecule has 0 spiro atoms. The Labute approximate surface area is 81.7 Å². The first-order valence-electron chi connectivity index (χ1n) is 4.87. The van der Waals surface area contributed by atoms with Crippen molar-refractivity contribution in [1.82, 2.24) is 0 Å². The van der Waals surface area contributed by atoms with E-state index in [0.29, 0.717) is 0 Å². The zero-order valence-corrected chi connectivity index (χ0v) is 9.65. The van der Waals surface area contributed by atoms with Gasteiger partial charge in [-0.1, -0.05) is 24.1 Å². The fourth-order valence-corrected chi connectivity index (χ4v) is 2.00. The third kappa shape index (κ3) is 1.35. The van der Waals surface area contributed by atoms with Crippen LogP contribution < -0.4 is 5.73 Å². The van der Waals surface area contributed by atoms with Gasteiger partial charge < -0.3 is 5.73 Å². The zero-order chi connectivity index (χ0) is 10.4. The van der Waals surface area contributed by atoms with Crippen LogP contribution in [0.2, 0.25) is 0 Å². The summed E-state index contributed by atoms with van der Waals surface area (Å²) < 4.78 is 0. The van der Waals surface area contributed by atoms with Crippen LogP contribution in [0.1, 0.15) is 41.5 Å². The molecule has 1 aliphatic rings. The van der Waals surface area contributed by atoms with E-state index in [9.17, 15) is 0 Å². The van der Waals surface area contributed by atoms with Gasteiger partial charge in [0.15, 0.2) is 0 Å². The van der Waals surface area contributed by atoms with Gasteiger partial charge in [-0.2, -0.15) is 0 Å². The predicted molar refractivity (Wildman–Crippen MR) is 58.5 cm³/mol. The molecule has 0 aromatic carbocycles. The average molecular weight is 179 g/mol. The van der Waals surface area contributed by atoms with Crippen molar-refractivity contribution < 1.29 is 0 Å². The Balaban J connectivity index is 3.25. The van der Waals surface area contributed by atoms with Crippen molar-refractivity contribution in [3.8, 4) is 0 Å². The molecule has 0 amide bonds. The van der Waals surface area contributed by atoms with Crippen molar-refractivity contribution >= 4 is 0 Å². The van der Waals surface area contributed by atoms with Crippen LogP contribution >= 0.6 is 0 Å². The minimum absolute atomic E-state index is 0.0289. The molecule has 1 rings (SSSR count). The van der Waals surface area contributed by atoms with Gasteiger partial charge >= 0.3 is 0 Å². The highest BCUT2D eigenvalue weighted by molar-refractivity contribution is 5.47. The molecule has 0 saturated heterocycles. The Hall–Kier alpha value is -0.560. The van der Waals surface area contributed by atoms with E-state index in [2.05, 4.69) is 47.6 Å². The first-order chi connectivity index (χ1) is 5.70. The lowest BCUT2D eigenvalue weighted by Gasteiger charge is -2.38. The van der Waals surface area contributed by atoms with Crippen molar-refractivity contribution in [2.45, 2.75) is 47.1 Å². The van der Waals surface area contributed by atoms with Crippen molar-refractivity contribution in [2.75, 3.05) is 0 Å². The summed E-state index contributed by atoms with van der Waals surface area (Å²) in [4.78, 5) is 0. The smallest absolute Gasteiger partial charge is 0.0246 e. The van der Waals surface area contributed by atoms with E-state index in [1.165, 1.54) is 16.7 Å². The van der Waals surface area contributed by atoms with E-state index < -0.39 is 0 Å². The van der Waals surface area contributed by atoms with Gasteiger partial charge in [-0.3, -0.25) is 0 Å². The maximum absolute atomic E-state index is 6.21. The molecule has 1 nitrogen and oxygen atoms in total. The summed E-state index contributed by atoms with van der Waals surface area (Å²) >= 11 is 0. The van der Waals surface area contributed by atoms with Gasteiger partial charge in [0.25, 0.3) is 0 Å². The van der Waals surface area contributed by atoms with Crippen LogP contribution in [0.3, 0.4) is 0 Å². The number of allylic oxidation sites excluding steroid dienone is 2. The monoisotopic (exact) mass is 179 g/mol. The van der Waals surface area contributed by atoms with Crippen LogP contribution in [0.4, 0.5) is 0 Å². The summed E-state index contributed by atoms with van der Waals surface area (Å²) in [5.74, 6) is 0. The molecule has 13 heavy (non-hydrogen) atoms. The highest BCUT2D eigenvalue weighted by atomic mass is 14.8. The zero-order valence-electron chi connectivity index (χ0n) is 9.65. The number of rotatable bonds is 1. The number of hydrogen-bond acceptors (Lipinski definition) is 1. The maximum atomic E-state index is 6.21. The third-order valence-electron chi connectivity index (χ3n) is 3.78. The second-order valence-electron chi connectivity index (χ2n) is 5.00. The van der Waals surface area contributed by atoms with Crippen LogP contribution in [-0.2, 0) is 0 Å². The van der Waals surface area contributed by atoms with E-state index in [-0.39, 0.29) is 11.0 Å². The second kappa shape index (κ2) is 2.71. The van der Waals surface area contributed by atoms with Gasteiger partial charge in [0, 0.05) is 11.0 Å². The van der Waals surface area contributed by atoms with E-state index in [1.807, 2.05) is 0 Å². The summed E-state index contributed by atoms with van der Waals surface area (Å²) in [6.07, 6.45) is 2.30. The lowest BCUT2D eigenvalue weighted by Crippen LogP contribution is -2.48. The Bertz CT molecular complexity index is 289. The van der Waals surface area contributed by atoms with E-state index in [4.69, 9.17) is 5.73 Å². The summed E-state index contributed by atoms with van der Waals surface area (Å²) in [6, 6.07) is 0. The number of nitrogens with two attached hydrogens (primary N) is 1. The third-order valence-corrected chi connectivity index (χ3v) is 3.78. The molecular weight excluding hydrogens is 158 g/mol. The summed E-state index contributed by atoms with van der Waals surface area (Å²) in [6.45, 7) is 12.9. The normalized spacial score (nSPS) is 29.6. The number of hydrogen-bond donors (Lipinski definition) is 1. The molecule has 0 bridgehead atoms. The van der Waals surface area contributed by atoms with Gasteiger partial charge in [-0.25, -0.2) is 0 Å². The molecule has 0 aromatic rings. The predicted octanol–water partition coefficient (Wildman–Crippen LogP) is 3.03. The fraction of sp³-hybridized carbons (Fsp3) is 0.667. The van der Waals surface area contributed by atoms with Crippen LogP contribution in [0.15, 0.2) is 22.8 Å². The van der Waals surface area contributed by atoms with Gasteiger partial charge in [0.1, 0.15) is 0 Å². The van der Waals surface area contributed by atoms with Crippen LogP contribution in [0.25, 0.3) is 0 Å². The lowest BCUT2D eigenvalue weighted by atomic mass is 9.70. The molecule has 0 saturated carbocycles. The minimum atomic E-state index is -0.184. The molecule has 0 heterocycles. The fourth-order valence-electron chi connectivity index (χ4n) is 2.00. The SMILES string of the molecule is CC1=CC(C)(C(C)(C)N)C(C)=C1C. The van der Waals surface area contributed by atoms with Crippen LogP contribution in [0.5, 0.6) is 0 Å².